The van der Waals surface area contributed by atoms with Gasteiger partial charge in [-0.3, -0.25) is 0 Å². The first-order valence-electron chi connectivity index (χ1n) is 11.9. The molecule has 1 unspecified atom stereocenters. The van der Waals surface area contributed by atoms with Gasteiger partial charge in [-0.2, -0.15) is 0 Å². The summed E-state index contributed by atoms with van der Waals surface area (Å²) in [4.78, 5) is 0. The normalized spacial score (nSPS) is 24.6. The van der Waals surface area contributed by atoms with Crippen molar-refractivity contribution in [1.29, 1.82) is 0 Å². The molecule has 0 bridgehead atoms. The zero-order valence-electron chi connectivity index (χ0n) is 18.7. The lowest BCUT2D eigenvalue weighted by Gasteiger charge is -2.23. The highest BCUT2D eigenvalue weighted by atomic mass is 16.6. The van der Waals surface area contributed by atoms with Gasteiger partial charge in [-0.1, -0.05) is 91.8 Å². The van der Waals surface area contributed by atoms with E-state index in [1.807, 2.05) is 36.4 Å². The summed E-state index contributed by atoms with van der Waals surface area (Å²) in [7, 11) is 0. The number of benzene rings is 2. The summed E-state index contributed by atoms with van der Waals surface area (Å²) >= 11 is 0. The lowest BCUT2D eigenvalue weighted by molar-refractivity contribution is -0.0651. The minimum absolute atomic E-state index is 0.0860. The molecule has 170 valence electrons. The minimum Gasteiger partial charge on any atom is -0.380 e. The maximum atomic E-state index is 10.5. The van der Waals surface area contributed by atoms with Gasteiger partial charge in [0, 0.05) is 6.42 Å². The van der Waals surface area contributed by atoms with Crippen molar-refractivity contribution in [2.45, 2.75) is 76.2 Å². The summed E-state index contributed by atoms with van der Waals surface area (Å²) < 4.78 is 18.4. The Morgan fingerprint density at radius 3 is 2.25 bits per heavy atom. The maximum absolute atomic E-state index is 10.5. The molecule has 1 N–H and O–H groups in total. The highest BCUT2D eigenvalue weighted by Crippen LogP contribution is 2.27. The molecule has 0 spiro atoms. The van der Waals surface area contributed by atoms with Crippen LogP contribution in [0.4, 0.5) is 0 Å². The highest BCUT2D eigenvalue weighted by Gasteiger charge is 2.35. The molecule has 2 aliphatic rings. The molecule has 0 amide bonds. The number of aliphatic hydroxyl groups excluding tert-OH is 1. The summed E-state index contributed by atoms with van der Waals surface area (Å²) in [5, 5.41) is 10.5. The second-order valence-electron chi connectivity index (χ2n) is 8.87. The van der Waals surface area contributed by atoms with E-state index in [0.29, 0.717) is 32.2 Å². The molecule has 1 aliphatic heterocycles. The van der Waals surface area contributed by atoms with E-state index in [-0.39, 0.29) is 18.3 Å². The van der Waals surface area contributed by atoms with Gasteiger partial charge in [0.05, 0.1) is 25.9 Å². The second kappa shape index (κ2) is 12.2. The van der Waals surface area contributed by atoms with Crippen LogP contribution in [0.1, 0.15) is 49.7 Å². The molecule has 4 rings (SSSR count). The Kier molecular flexibility index (Phi) is 8.76. The van der Waals surface area contributed by atoms with Crippen molar-refractivity contribution in [3.63, 3.8) is 0 Å². The molecule has 4 nitrogen and oxygen atoms in total. The van der Waals surface area contributed by atoms with Gasteiger partial charge < -0.3 is 19.3 Å². The molecule has 1 aliphatic carbocycles. The predicted octanol–water partition coefficient (Wildman–Crippen LogP) is 4.89. The van der Waals surface area contributed by atoms with Crippen LogP contribution in [0.5, 0.6) is 0 Å². The number of hydrogen-bond acceptors (Lipinski definition) is 4. The Morgan fingerprint density at radius 2 is 1.56 bits per heavy atom. The summed E-state index contributed by atoms with van der Waals surface area (Å²) in [6.07, 6.45) is 5.43. The van der Waals surface area contributed by atoms with Crippen molar-refractivity contribution in [3.05, 3.63) is 71.8 Å². The average molecular weight is 435 g/mol. The van der Waals surface area contributed by atoms with Crippen molar-refractivity contribution >= 4 is 0 Å². The quantitative estimate of drug-likeness (QED) is 0.601. The monoisotopic (exact) mass is 434 g/mol. The van der Waals surface area contributed by atoms with Gasteiger partial charge in [0.1, 0.15) is 18.3 Å². The Labute approximate surface area is 191 Å². The Bertz CT molecular complexity index is 851. The van der Waals surface area contributed by atoms with Gasteiger partial charge in [0.15, 0.2) is 0 Å². The van der Waals surface area contributed by atoms with Crippen LogP contribution in [-0.4, -0.2) is 36.1 Å². The summed E-state index contributed by atoms with van der Waals surface area (Å²) in [6.45, 7) is 1.54. The number of rotatable bonds is 8. The van der Waals surface area contributed by atoms with Crippen LogP contribution >= 0.6 is 0 Å². The standard InChI is InChI=1S/C28H34O4/c29-26(24-14-8-3-9-15-24)17-16-25-18-27(31-20-23-12-6-2-7-13-23)28(32-25)21-30-19-22-10-4-1-5-11-22/h1-2,4-7,10-13,24-29H,3,8-9,14-15,18-21H2/t25-,26?,27-,28+/m0/s1. The van der Waals surface area contributed by atoms with Crippen LogP contribution in [0, 0.1) is 17.8 Å². The Hall–Kier alpha value is -2.16. The molecule has 1 saturated carbocycles. The van der Waals surface area contributed by atoms with Crippen molar-refractivity contribution < 1.29 is 19.3 Å². The molecule has 4 heteroatoms. The molecule has 2 aromatic carbocycles. The summed E-state index contributed by atoms with van der Waals surface area (Å²) in [5.74, 6) is 6.56. The summed E-state index contributed by atoms with van der Waals surface area (Å²) in [6, 6.07) is 20.3. The zero-order chi connectivity index (χ0) is 22.0. The van der Waals surface area contributed by atoms with E-state index in [1.165, 1.54) is 19.3 Å². The van der Waals surface area contributed by atoms with Crippen LogP contribution < -0.4 is 0 Å². The third-order valence-corrected chi connectivity index (χ3v) is 6.39. The molecule has 2 aromatic rings. The predicted molar refractivity (Wildman–Crippen MR) is 125 cm³/mol. The first-order chi connectivity index (χ1) is 15.8. The molecular weight excluding hydrogens is 400 g/mol. The average Bonchev–Trinajstić information content (AvgIpc) is 3.25. The lowest BCUT2D eigenvalue weighted by atomic mass is 9.85. The van der Waals surface area contributed by atoms with E-state index in [1.54, 1.807) is 0 Å². The third kappa shape index (κ3) is 6.92. The molecule has 4 atom stereocenters. The van der Waals surface area contributed by atoms with Gasteiger partial charge in [-0.05, 0) is 29.9 Å². The van der Waals surface area contributed by atoms with Gasteiger partial charge in [-0.15, -0.1) is 0 Å². The third-order valence-electron chi connectivity index (χ3n) is 6.39. The van der Waals surface area contributed by atoms with Gasteiger partial charge in [0.2, 0.25) is 0 Å². The molecule has 1 saturated heterocycles. The number of ether oxygens (including phenoxy) is 3. The summed E-state index contributed by atoms with van der Waals surface area (Å²) in [5.41, 5.74) is 2.28. The molecule has 0 aromatic heterocycles. The fourth-order valence-electron chi connectivity index (χ4n) is 4.52. The van der Waals surface area contributed by atoms with Gasteiger partial charge >= 0.3 is 0 Å². The Balaban J connectivity index is 1.33. The number of hydrogen-bond donors (Lipinski definition) is 1. The van der Waals surface area contributed by atoms with E-state index in [9.17, 15) is 5.11 Å². The van der Waals surface area contributed by atoms with Crippen molar-refractivity contribution in [3.8, 4) is 11.8 Å². The van der Waals surface area contributed by atoms with Crippen LogP contribution in [0.15, 0.2) is 60.7 Å². The molecule has 2 fully saturated rings. The van der Waals surface area contributed by atoms with Crippen LogP contribution in [0.25, 0.3) is 0 Å². The smallest absolute Gasteiger partial charge is 0.121 e. The van der Waals surface area contributed by atoms with E-state index in [0.717, 1.165) is 24.0 Å². The maximum Gasteiger partial charge on any atom is 0.121 e. The van der Waals surface area contributed by atoms with Crippen LogP contribution in [0.2, 0.25) is 0 Å². The fourth-order valence-corrected chi connectivity index (χ4v) is 4.52. The Morgan fingerprint density at radius 1 is 0.906 bits per heavy atom. The van der Waals surface area contributed by atoms with Crippen molar-refractivity contribution in [2.75, 3.05) is 6.61 Å². The largest absolute Gasteiger partial charge is 0.380 e. The fraction of sp³-hybridized carbons (Fsp3) is 0.500. The van der Waals surface area contributed by atoms with E-state index in [2.05, 4.69) is 36.1 Å². The molecule has 1 heterocycles. The second-order valence-corrected chi connectivity index (χ2v) is 8.87. The first-order valence-corrected chi connectivity index (χ1v) is 11.9. The number of aliphatic hydroxyl groups is 1. The highest BCUT2D eigenvalue weighted by molar-refractivity contribution is 5.15. The van der Waals surface area contributed by atoms with Crippen LogP contribution in [0.3, 0.4) is 0 Å². The van der Waals surface area contributed by atoms with Crippen molar-refractivity contribution in [2.24, 2.45) is 5.92 Å². The minimum atomic E-state index is -0.559. The van der Waals surface area contributed by atoms with E-state index >= 15 is 0 Å². The molecule has 0 radical (unpaired) electrons. The van der Waals surface area contributed by atoms with Gasteiger partial charge in [-0.25, -0.2) is 0 Å². The van der Waals surface area contributed by atoms with Gasteiger partial charge in [0.25, 0.3) is 0 Å². The molecular formula is C28H34O4. The van der Waals surface area contributed by atoms with E-state index in [4.69, 9.17) is 14.2 Å². The van der Waals surface area contributed by atoms with E-state index < -0.39 is 6.10 Å². The SMILES string of the molecule is OC(C#C[C@H]1C[C@H](OCc2ccccc2)[C@@H](COCc2ccccc2)O1)C1CCCCC1. The molecule has 32 heavy (non-hydrogen) atoms. The van der Waals surface area contributed by atoms with Crippen LogP contribution in [-0.2, 0) is 27.4 Å². The topological polar surface area (TPSA) is 47.9 Å². The zero-order valence-corrected chi connectivity index (χ0v) is 18.7. The first kappa shape index (κ1) is 23.0. The van der Waals surface area contributed by atoms with Crippen molar-refractivity contribution in [1.82, 2.24) is 0 Å². The lowest BCUT2D eigenvalue weighted by Crippen LogP contribution is -2.29.